The van der Waals surface area contributed by atoms with E-state index in [2.05, 4.69) is 6.58 Å². The average Bonchev–Trinajstić information content (AvgIpc) is 2.45. The van der Waals surface area contributed by atoms with E-state index in [1.807, 2.05) is 27.7 Å². The second-order valence-corrected chi connectivity index (χ2v) is 7.93. The van der Waals surface area contributed by atoms with E-state index < -0.39 is 8.80 Å². The Bertz CT molecular complexity index is 301. The van der Waals surface area contributed by atoms with Crippen molar-refractivity contribution in [2.45, 2.75) is 65.5 Å². The lowest BCUT2D eigenvalue weighted by Crippen LogP contribution is -2.47. The molecule has 0 heterocycles. The van der Waals surface area contributed by atoms with Crippen LogP contribution in [0.1, 0.15) is 53.4 Å². The van der Waals surface area contributed by atoms with Crippen LogP contribution in [0.25, 0.3) is 0 Å². The highest BCUT2D eigenvalue weighted by molar-refractivity contribution is 6.60. The van der Waals surface area contributed by atoms with Crippen molar-refractivity contribution in [1.82, 2.24) is 0 Å². The van der Waals surface area contributed by atoms with Crippen molar-refractivity contribution in [3.8, 4) is 0 Å². The minimum atomic E-state index is -2.55. The van der Waals surface area contributed by atoms with Gasteiger partial charge in [-0.25, -0.2) is 4.79 Å². The van der Waals surface area contributed by atoms with Crippen LogP contribution in [0, 0.1) is 0 Å². The molecule has 0 rings (SSSR count). The number of unbranched alkanes of at least 4 members (excludes halogenated alkanes) is 3. The standard InChI is InChI=1S/C16H32O5Si/c1-6-16(17)18-13-11-9-10-12-14-22(19-7-2,20-8-3)21-15(4)5/h6,15H,1,7-14H2,2-5H3. The summed E-state index contributed by atoms with van der Waals surface area (Å²) in [7, 11) is -2.55. The van der Waals surface area contributed by atoms with Gasteiger partial charge in [0.15, 0.2) is 0 Å². The first kappa shape index (κ1) is 21.3. The van der Waals surface area contributed by atoms with Crippen molar-refractivity contribution in [1.29, 1.82) is 0 Å². The highest BCUT2D eigenvalue weighted by Crippen LogP contribution is 2.22. The fourth-order valence-electron chi connectivity index (χ4n) is 2.14. The minimum Gasteiger partial charge on any atom is -0.463 e. The van der Waals surface area contributed by atoms with E-state index in [0.717, 1.165) is 31.7 Å². The van der Waals surface area contributed by atoms with Crippen LogP contribution >= 0.6 is 0 Å². The summed E-state index contributed by atoms with van der Waals surface area (Å²) in [5.74, 6) is -0.357. The average molecular weight is 333 g/mol. The van der Waals surface area contributed by atoms with E-state index >= 15 is 0 Å². The molecule has 0 unspecified atom stereocenters. The summed E-state index contributed by atoms with van der Waals surface area (Å²) in [5.41, 5.74) is 0. The Morgan fingerprint density at radius 3 is 2.18 bits per heavy atom. The summed E-state index contributed by atoms with van der Waals surface area (Å²) in [4.78, 5) is 10.9. The summed E-state index contributed by atoms with van der Waals surface area (Å²) < 4.78 is 22.7. The van der Waals surface area contributed by atoms with Crippen molar-refractivity contribution >= 4 is 14.8 Å². The fraction of sp³-hybridized carbons (Fsp3) is 0.812. The second kappa shape index (κ2) is 12.8. The maximum absolute atomic E-state index is 10.9. The minimum absolute atomic E-state index is 0.100. The smallest absolute Gasteiger partial charge is 0.463 e. The first-order valence-corrected chi connectivity index (χ1v) is 10.2. The molecule has 0 spiro atoms. The molecule has 0 atom stereocenters. The summed E-state index contributed by atoms with van der Waals surface area (Å²) in [6.07, 6.45) is 5.20. The number of ether oxygens (including phenoxy) is 1. The number of esters is 1. The first-order chi connectivity index (χ1) is 10.5. The molecule has 0 bridgehead atoms. The zero-order valence-corrected chi connectivity index (χ0v) is 15.6. The Hall–Kier alpha value is -0.693. The van der Waals surface area contributed by atoms with Gasteiger partial charge in [0, 0.05) is 31.4 Å². The molecule has 0 aromatic carbocycles. The van der Waals surface area contributed by atoms with Crippen LogP contribution in [0.2, 0.25) is 6.04 Å². The van der Waals surface area contributed by atoms with E-state index in [0.29, 0.717) is 19.8 Å². The van der Waals surface area contributed by atoms with Crippen molar-refractivity contribution in [2.75, 3.05) is 19.8 Å². The van der Waals surface area contributed by atoms with E-state index in [4.69, 9.17) is 18.0 Å². The Balaban J connectivity index is 4.06. The van der Waals surface area contributed by atoms with Gasteiger partial charge in [0.2, 0.25) is 0 Å². The number of rotatable bonds is 14. The third-order valence-electron chi connectivity index (χ3n) is 2.93. The number of hydrogen-bond donors (Lipinski definition) is 0. The largest absolute Gasteiger partial charge is 0.501 e. The molecule has 130 valence electrons. The normalized spacial score (nSPS) is 11.7. The fourth-order valence-corrected chi connectivity index (χ4v) is 5.05. The van der Waals surface area contributed by atoms with Crippen LogP contribution in [-0.4, -0.2) is 40.7 Å². The van der Waals surface area contributed by atoms with Crippen molar-refractivity contribution < 1.29 is 22.8 Å². The maximum atomic E-state index is 10.9. The molecule has 0 fully saturated rings. The lowest BCUT2D eigenvalue weighted by Gasteiger charge is -2.30. The molecule has 0 radical (unpaired) electrons. The summed E-state index contributed by atoms with van der Waals surface area (Å²) >= 11 is 0. The Labute approximate surface area is 136 Å². The quantitative estimate of drug-likeness (QED) is 0.210. The van der Waals surface area contributed by atoms with Gasteiger partial charge in [-0.15, -0.1) is 0 Å². The molecule has 0 aromatic rings. The van der Waals surface area contributed by atoms with Crippen molar-refractivity contribution in [2.24, 2.45) is 0 Å². The van der Waals surface area contributed by atoms with Gasteiger partial charge < -0.3 is 18.0 Å². The molecule has 0 N–H and O–H groups in total. The van der Waals surface area contributed by atoms with Gasteiger partial charge in [0.25, 0.3) is 0 Å². The second-order valence-electron chi connectivity index (χ2n) is 5.25. The Morgan fingerprint density at radius 2 is 1.68 bits per heavy atom. The van der Waals surface area contributed by atoms with Crippen LogP contribution in [0.4, 0.5) is 0 Å². The third kappa shape index (κ3) is 10.1. The Morgan fingerprint density at radius 1 is 1.09 bits per heavy atom. The first-order valence-electron chi connectivity index (χ1n) is 8.24. The third-order valence-corrected chi connectivity index (χ3v) is 6.19. The van der Waals surface area contributed by atoms with Crippen LogP contribution in [0.3, 0.4) is 0 Å². The van der Waals surface area contributed by atoms with Crippen LogP contribution in [0.15, 0.2) is 12.7 Å². The zero-order chi connectivity index (χ0) is 16.8. The molecule has 0 aliphatic rings. The number of hydrogen-bond acceptors (Lipinski definition) is 5. The SMILES string of the molecule is C=CC(=O)OCCCCCC[Si](OCC)(OCC)OC(C)C. The van der Waals surface area contributed by atoms with Gasteiger partial charge in [-0.3, -0.25) is 0 Å². The zero-order valence-electron chi connectivity index (χ0n) is 14.6. The summed E-state index contributed by atoms with van der Waals surface area (Å²) in [5, 5.41) is 0. The van der Waals surface area contributed by atoms with Gasteiger partial charge in [-0.2, -0.15) is 0 Å². The van der Waals surface area contributed by atoms with E-state index in [-0.39, 0.29) is 12.1 Å². The molecular formula is C16H32O5Si. The van der Waals surface area contributed by atoms with Gasteiger partial charge in [0.1, 0.15) is 0 Å². The van der Waals surface area contributed by atoms with E-state index in [1.165, 1.54) is 6.08 Å². The van der Waals surface area contributed by atoms with Gasteiger partial charge >= 0.3 is 14.8 Å². The summed E-state index contributed by atoms with van der Waals surface area (Å²) in [6, 6.07) is 0.833. The molecule has 6 heteroatoms. The maximum Gasteiger partial charge on any atom is 0.501 e. The molecule has 0 aliphatic carbocycles. The molecule has 22 heavy (non-hydrogen) atoms. The lowest BCUT2D eigenvalue weighted by atomic mass is 10.2. The van der Waals surface area contributed by atoms with Gasteiger partial charge in [-0.1, -0.05) is 19.4 Å². The summed E-state index contributed by atoms with van der Waals surface area (Å²) in [6.45, 7) is 13.0. The monoisotopic (exact) mass is 332 g/mol. The molecule has 0 amide bonds. The van der Waals surface area contributed by atoms with E-state index in [9.17, 15) is 4.79 Å². The molecule has 0 aromatic heterocycles. The lowest BCUT2D eigenvalue weighted by molar-refractivity contribution is -0.137. The highest BCUT2D eigenvalue weighted by atomic mass is 28.4. The molecule has 0 saturated carbocycles. The Kier molecular flexibility index (Phi) is 12.4. The molecule has 5 nitrogen and oxygen atoms in total. The molecule has 0 saturated heterocycles. The predicted molar refractivity (Wildman–Crippen MR) is 89.7 cm³/mol. The van der Waals surface area contributed by atoms with Gasteiger partial charge in [0.05, 0.1) is 6.61 Å². The van der Waals surface area contributed by atoms with Crippen LogP contribution in [-0.2, 0) is 22.8 Å². The predicted octanol–water partition coefficient (Wildman–Crippen LogP) is 3.71. The number of carbonyl (C=O) groups is 1. The topological polar surface area (TPSA) is 54.0 Å². The van der Waals surface area contributed by atoms with E-state index in [1.54, 1.807) is 0 Å². The van der Waals surface area contributed by atoms with Crippen molar-refractivity contribution in [3.63, 3.8) is 0 Å². The van der Waals surface area contributed by atoms with Crippen LogP contribution in [0.5, 0.6) is 0 Å². The molecular weight excluding hydrogens is 300 g/mol. The number of carbonyl (C=O) groups excluding carboxylic acids is 1. The highest BCUT2D eigenvalue weighted by Gasteiger charge is 2.40. The van der Waals surface area contributed by atoms with Gasteiger partial charge in [-0.05, 0) is 40.5 Å². The van der Waals surface area contributed by atoms with Crippen molar-refractivity contribution in [3.05, 3.63) is 12.7 Å². The molecule has 0 aliphatic heterocycles. The van der Waals surface area contributed by atoms with Crippen LogP contribution < -0.4 is 0 Å².